The van der Waals surface area contributed by atoms with Crippen molar-refractivity contribution in [2.24, 2.45) is 40.4 Å². The monoisotopic (exact) mass is 788 g/mol. The maximum absolute atomic E-state index is 2.63. The van der Waals surface area contributed by atoms with Gasteiger partial charge in [-0.2, -0.15) is 17.2 Å². The number of aryl methyl sites for hydroxylation is 1. The molecule has 0 N–H and O–H groups in total. The molecule has 2 saturated carbocycles. The Hall–Kier alpha value is -1.31. The Morgan fingerprint density at radius 1 is 0.857 bits per heavy atom. The van der Waals surface area contributed by atoms with Gasteiger partial charge in [-0.1, -0.05) is 137 Å². The third kappa shape index (κ3) is 6.85. The molecule has 0 bridgehead atoms. The first-order valence-corrected chi connectivity index (χ1v) is 20.5. The van der Waals surface area contributed by atoms with Crippen molar-refractivity contribution in [3.05, 3.63) is 111 Å². The summed E-state index contributed by atoms with van der Waals surface area (Å²) in [6, 6.07) is 17.7. The molecule has 0 saturated heterocycles. The molecule has 7 unspecified atom stereocenters. The van der Waals surface area contributed by atoms with Crippen molar-refractivity contribution in [1.82, 2.24) is 0 Å². The quantitative estimate of drug-likeness (QED) is 0.238. The van der Waals surface area contributed by atoms with Crippen molar-refractivity contribution in [2.45, 2.75) is 101 Å². The molecule has 2 fully saturated rings. The first-order chi connectivity index (χ1) is 22.4. The minimum absolute atomic E-state index is 0. The summed E-state index contributed by atoms with van der Waals surface area (Å²) in [5, 5.41) is 4.30. The van der Waals surface area contributed by atoms with Crippen LogP contribution in [-0.4, -0.2) is 3.21 Å². The molecule has 0 radical (unpaired) electrons. The predicted molar refractivity (Wildman–Crippen MR) is 202 cm³/mol. The Morgan fingerprint density at radius 3 is 2.14 bits per heavy atom. The summed E-state index contributed by atoms with van der Waals surface area (Å²) < 4.78 is 1.80. The molecule has 5 aliphatic rings. The molecule has 0 aliphatic heterocycles. The summed E-state index contributed by atoms with van der Waals surface area (Å²) in [5.41, 5.74) is 14.0. The van der Waals surface area contributed by atoms with Gasteiger partial charge in [0, 0.05) is 5.41 Å². The second-order valence-electron chi connectivity index (χ2n) is 15.8. The molecule has 262 valence electrons. The molecule has 0 spiro atoms. The maximum atomic E-state index is 2.63. The van der Waals surface area contributed by atoms with Crippen LogP contribution in [-0.2, 0) is 30.7 Å². The summed E-state index contributed by atoms with van der Waals surface area (Å²) in [4.78, 5) is 0. The Bertz CT molecular complexity index is 1700. The number of benzene rings is 1. The van der Waals surface area contributed by atoms with Gasteiger partial charge < -0.3 is 24.8 Å². The second kappa shape index (κ2) is 16.2. The van der Waals surface area contributed by atoms with Crippen molar-refractivity contribution in [1.29, 1.82) is 0 Å². The fourth-order valence-electron chi connectivity index (χ4n) is 10.1. The SMILES string of the molecule is C[C-]1C2=C3Cc4ccccc4C3=C3C=CC(C)C(C)C3(C)C2(C)C(C)C(C)C1C.Cc1ccc[c-]1-c1ccsc1.[Cl-].[Cl-].[Zr+2]=[C]1CCCCC1. The molecule has 7 atom stereocenters. The van der Waals surface area contributed by atoms with E-state index in [1.54, 1.807) is 67.0 Å². The van der Waals surface area contributed by atoms with Gasteiger partial charge in [-0.05, 0) is 34.7 Å². The van der Waals surface area contributed by atoms with Crippen LogP contribution in [0, 0.1) is 53.3 Å². The van der Waals surface area contributed by atoms with Crippen LogP contribution in [0.25, 0.3) is 16.7 Å². The topological polar surface area (TPSA) is 0 Å². The van der Waals surface area contributed by atoms with Gasteiger partial charge >= 0.3 is 59.5 Å². The Labute approximate surface area is 329 Å². The van der Waals surface area contributed by atoms with Gasteiger partial charge in [0.05, 0.1) is 0 Å². The van der Waals surface area contributed by atoms with E-state index in [2.05, 4.69) is 134 Å². The number of halogens is 2. The van der Waals surface area contributed by atoms with Gasteiger partial charge in [0.2, 0.25) is 0 Å². The van der Waals surface area contributed by atoms with Crippen LogP contribution >= 0.6 is 11.3 Å². The number of fused-ring (bicyclic) bond motifs is 6. The van der Waals surface area contributed by atoms with Crippen LogP contribution in [0.2, 0.25) is 0 Å². The van der Waals surface area contributed by atoms with Crippen LogP contribution in [0.3, 0.4) is 0 Å². The fourth-order valence-corrected chi connectivity index (χ4v) is 11.6. The average molecular weight is 791 g/mol. The van der Waals surface area contributed by atoms with E-state index in [1.807, 2.05) is 0 Å². The van der Waals surface area contributed by atoms with Crippen LogP contribution < -0.4 is 24.8 Å². The molecule has 2 aromatic carbocycles. The Balaban J connectivity index is 0.000000222. The number of hydrogen-bond acceptors (Lipinski definition) is 1. The van der Waals surface area contributed by atoms with Crippen molar-refractivity contribution in [3.63, 3.8) is 0 Å². The predicted octanol–water partition coefficient (Wildman–Crippen LogP) is 6.80. The second-order valence-corrected chi connectivity index (χ2v) is 18.3. The Kier molecular flexibility index (Phi) is 13.3. The zero-order valence-corrected chi connectivity index (χ0v) is 36.0. The standard InChI is InChI=1S/C29H37.C10H9S.C6H10.2ClH.Zr/c1-16-13-14-25-26-23-12-10-9-11-22(23)15-24(26)27-19(4)17(2)18(3)21(6)29(27,8)28(25,7)20(16)5;1-8-3-2-4-10(8)9-5-6-11-7-9;1-2-4-6-5-3-1;;;/h9-14,16-18,20-21H,15H2,1-8H3;2-7H,1H3;1-5H2;2*1H;/q2*-1;;;;+2/p-2. The van der Waals surface area contributed by atoms with Crippen molar-refractivity contribution < 1.29 is 49.0 Å². The van der Waals surface area contributed by atoms with Crippen molar-refractivity contribution in [2.75, 3.05) is 0 Å². The van der Waals surface area contributed by atoms with Crippen LogP contribution in [0.1, 0.15) is 104 Å². The molecular weight excluding hydrogens is 735 g/mol. The number of thiophene rings is 1. The third-order valence-electron chi connectivity index (χ3n) is 13.8. The average Bonchev–Trinajstić information content (AvgIpc) is 3.83. The molecule has 49 heavy (non-hydrogen) atoms. The normalized spacial score (nSPS) is 31.1. The zero-order chi connectivity index (χ0) is 33.7. The fraction of sp³-hybridized carbons (Fsp3) is 0.489. The van der Waals surface area contributed by atoms with Gasteiger partial charge in [-0.15, -0.1) is 36.2 Å². The summed E-state index contributed by atoms with van der Waals surface area (Å²) in [6.45, 7) is 22.3. The van der Waals surface area contributed by atoms with Crippen LogP contribution in [0.4, 0.5) is 0 Å². The van der Waals surface area contributed by atoms with Gasteiger partial charge in [0.25, 0.3) is 0 Å². The summed E-state index contributed by atoms with van der Waals surface area (Å²) in [5.74, 6) is 4.93. The van der Waals surface area contributed by atoms with Gasteiger partial charge in [0.15, 0.2) is 0 Å². The van der Waals surface area contributed by atoms with Gasteiger partial charge in [-0.3, -0.25) is 0 Å². The van der Waals surface area contributed by atoms with Crippen molar-refractivity contribution in [3.8, 4) is 11.1 Å². The van der Waals surface area contributed by atoms with E-state index in [0.29, 0.717) is 29.6 Å². The van der Waals surface area contributed by atoms with E-state index in [-0.39, 0.29) is 35.6 Å². The molecular formula is C45H56Cl2SZr-2. The summed E-state index contributed by atoms with van der Waals surface area (Å²) in [6.07, 6.45) is 13.4. The Morgan fingerprint density at radius 2 is 1.55 bits per heavy atom. The molecule has 0 nitrogen and oxygen atoms in total. The van der Waals surface area contributed by atoms with Gasteiger partial charge in [0.1, 0.15) is 0 Å². The third-order valence-corrected chi connectivity index (χ3v) is 15.8. The van der Waals surface area contributed by atoms with E-state index >= 15 is 0 Å². The zero-order valence-electron chi connectivity index (χ0n) is 31.2. The van der Waals surface area contributed by atoms with E-state index in [4.69, 9.17) is 0 Å². The van der Waals surface area contributed by atoms with Crippen LogP contribution in [0.5, 0.6) is 0 Å². The summed E-state index contributed by atoms with van der Waals surface area (Å²) in [7, 11) is 0. The summed E-state index contributed by atoms with van der Waals surface area (Å²) >= 11 is 3.43. The number of hydrogen-bond donors (Lipinski definition) is 0. The van der Waals surface area contributed by atoms with E-state index in [1.165, 1.54) is 59.9 Å². The van der Waals surface area contributed by atoms with E-state index in [0.717, 1.165) is 6.42 Å². The van der Waals surface area contributed by atoms with Gasteiger partial charge in [-0.25, -0.2) is 17.3 Å². The molecule has 8 rings (SSSR count). The minimum atomic E-state index is 0. The molecule has 5 aliphatic carbocycles. The number of rotatable bonds is 1. The van der Waals surface area contributed by atoms with E-state index < -0.39 is 0 Å². The molecule has 1 aromatic heterocycles. The van der Waals surface area contributed by atoms with E-state index in [9.17, 15) is 0 Å². The number of allylic oxidation sites excluding steroid dienone is 6. The molecule has 4 heteroatoms. The molecule has 1 heterocycles. The molecule has 0 amide bonds. The van der Waals surface area contributed by atoms with Crippen molar-refractivity contribution >= 4 is 20.1 Å². The van der Waals surface area contributed by atoms with Crippen LogP contribution in [0.15, 0.2) is 88.2 Å². The molecule has 3 aromatic rings. The first kappa shape index (κ1) is 40.5. The first-order valence-electron chi connectivity index (χ1n) is 18.3.